The lowest BCUT2D eigenvalue weighted by molar-refractivity contribution is -0.131. The standard InChI is InChI=1S/C16H20N2O2/c1-11-5-7-18(8-6-11)16(19)10-13-3-4-14-15(9-13)20-12(2)17-14/h3-4,9,11H,5-8,10H2,1-2H3. The van der Waals surface area contributed by atoms with E-state index in [0.29, 0.717) is 12.3 Å². The van der Waals surface area contributed by atoms with Gasteiger partial charge < -0.3 is 9.32 Å². The van der Waals surface area contributed by atoms with Gasteiger partial charge in [-0.1, -0.05) is 13.0 Å². The van der Waals surface area contributed by atoms with Gasteiger partial charge in [-0.25, -0.2) is 4.98 Å². The molecule has 3 rings (SSSR count). The van der Waals surface area contributed by atoms with Crippen LogP contribution in [0.2, 0.25) is 0 Å². The topological polar surface area (TPSA) is 46.3 Å². The number of fused-ring (bicyclic) bond motifs is 1. The molecule has 1 amide bonds. The molecule has 1 aromatic heterocycles. The Morgan fingerprint density at radius 3 is 2.90 bits per heavy atom. The lowest BCUT2D eigenvalue weighted by atomic mass is 9.98. The van der Waals surface area contributed by atoms with Crippen molar-refractivity contribution in [3.05, 3.63) is 29.7 Å². The second-order valence-electron chi connectivity index (χ2n) is 5.78. The van der Waals surface area contributed by atoms with E-state index in [-0.39, 0.29) is 5.91 Å². The van der Waals surface area contributed by atoms with Crippen LogP contribution in [0.1, 0.15) is 31.2 Å². The first-order valence-corrected chi connectivity index (χ1v) is 7.25. The van der Waals surface area contributed by atoms with E-state index in [9.17, 15) is 4.79 Å². The minimum absolute atomic E-state index is 0.215. The molecule has 0 saturated carbocycles. The summed E-state index contributed by atoms with van der Waals surface area (Å²) in [6.07, 6.45) is 2.68. The Morgan fingerprint density at radius 2 is 2.15 bits per heavy atom. The van der Waals surface area contributed by atoms with Crippen LogP contribution in [0.25, 0.3) is 11.1 Å². The predicted molar refractivity (Wildman–Crippen MR) is 77.4 cm³/mol. The first-order chi connectivity index (χ1) is 9.61. The largest absolute Gasteiger partial charge is 0.441 e. The van der Waals surface area contributed by atoms with Crippen molar-refractivity contribution in [3.63, 3.8) is 0 Å². The summed E-state index contributed by atoms with van der Waals surface area (Å²) in [7, 11) is 0. The summed E-state index contributed by atoms with van der Waals surface area (Å²) >= 11 is 0. The van der Waals surface area contributed by atoms with Crippen molar-refractivity contribution in [3.8, 4) is 0 Å². The van der Waals surface area contributed by atoms with Crippen LogP contribution in [-0.4, -0.2) is 28.9 Å². The number of rotatable bonds is 2. The van der Waals surface area contributed by atoms with E-state index in [1.807, 2.05) is 30.0 Å². The highest BCUT2D eigenvalue weighted by Gasteiger charge is 2.20. The second kappa shape index (κ2) is 5.27. The van der Waals surface area contributed by atoms with Gasteiger partial charge >= 0.3 is 0 Å². The highest BCUT2D eigenvalue weighted by Crippen LogP contribution is 2.19. The molecule has 4 heteroatoms. The van der Waals surface area contributed by atoms with E-state index in [4.69, 9.17) is 4.42 Å². The molecule has 0 radical (unpaired) electrons. The summed E-state index contributed by atoms with van der Waals surface area (Å²) in [4.78, 5) is 18.5. The lowest BCUT2D eigenvalue weighted by Gasteiger charge is -2.30. The van der Waals surface area contributed by atoms with Gasteiger partial charge in [-0.15, -0.1) is 0 Å². The average molecular weight is 272 g/mol. The molecule has 106 valence electrons. The van der Waals surface area contributed by atoms with Gasteiger partial charge in [0.2, 0.25) is 5.91 Å². The highest BCUT2D eigenvalue weighted by molar-refractivity contribution is 5.81. The van der Waals surface area contributed by atoms with Crippen LogP contribution in [0.4, 0.5) is 0 Å². The monoisotopic (exact) mass is 272 g/mol. The molecule has 0 unspecified atom stereocenters. The number of amides is 1. The van der Waals surface area contributed by atoms with E-state index >= 15 is 0 Å². The van der Waals surface area contributed by atoms with Crippen molar-refractivity contribution in [2.45, 2.75) is 33.1 Å². The quantitative estimate of drug-likeness (QED) is 0.844. The summed E-state index contributed by atoms with van der Waals surface area (Å²) in [5.74, 6) is 1.62. The third-order valence-corrected chi connectivity index (χ3v) is 4.05. The summed E-state index contributed by atoms with van der Waals surface area (Å²) in [5, 5.41) is 0. The molecule has 0 bridgehead atoms. The number of piperidine rings is 1. The summed E-state index contributed by atoms with van der Waals surface area (Å²) in [6.45, 7) is 5.87. The van der Waals surface area contributed by atoms with Crippen LogP contribution in [0.5, 0.6) is 0 Å². The smallest absolute Gasteiger partial charge is 0.226 e. The molecular formula is C16H20N2O2. The van der Waals surface area contributed by atoms with Gasteiger partial charge in [0.15, 0.2) is 11.5 Å². The fourth-order valence-electron chi connectivity index (χ4n) is 2.74. The van der Waals surface area contributed by atoms with Crippen LogP contribution in [-0.2, 0) is 11.2 Å². The number of benzene rings is 1. The van der Waals surface area contributed by atoms with Gasteiger partial charge in [-0.3, -0.25) is 4.79 Å². The number of aromatic nitrogens is 1. The van der Waals surface area contributed by atoms with Crippen LogP contribution in [0.15, 0.2) is 22.6 Å². The van der Waals surface area contributed by atoms with E-state index < -0.39 is 0 Å². The summed E-state index contributed by atoms with van der Waals surface area (Å²) in [5.41, 5.74) is 2.61. The van der Waals surface area contributed by atoms with Crippen molar-refractivity contribution in [1.82, 2.24) is 9.88 Å². The Labute approximate surface area is 118 Å². The Hall–Kier alpha value is -1.84. The van der Waals surface area contributed by atoms with E-state index in [1.54, 1.807) is 0 Å². The average Bonchev–Trinajstić information content (AvgIpc) is 2.78. The zero-order valence-electron chi connectivity index (χ0n) is 12.1. The number of aryl methyl sites for hydroxylation is 1. The number of carbonyl (C=O) groups excluding carboxylic acids is 1. The van der Waals surface area contributed by atoms with Crippen LogP contribution < -0.4 is 0 Å². The van der Waals surface area contributed by atoms with E-state index in [2.05, 4.69) is 11.9 Å². The van der Waals surface area contributed by atoms with E-state index in [1.165, 1.54) is 0 Å². The van der Waals surface area contributed by atoms with Gasteiger partial charge in [0.1, 0.15) is 5.52 Å². The highest BCUT2D eigenvalue weighted by atomic mass is 16.3. The van der Waals surface area contributed by atoms with Crippen LogP contribution >= 0.6 is 0 Å². The first-order valence-electron chi connectivity index (χ1n) is 7.25. The van der Waals surface area contributed by atoms with Crippen molar-refractivity contribution in [1.29, 1.82) is 0 Å². The van der Waals surface area contributed by atoms with Gasteiger partial charge in [-0.2, -0.15) is 0 Å². The number of hydrogen-bond donors (Lipinski definition) is 0. The Bertz CT molecular complexity index is 624. The zero-order chi connectivity index (χ0) is 14.1. The zero-order valence-corrected chi connectivity index (χ0v) is 12.1. The molecule has 0 aliphatic carbocycles. The predicted octanol–water partition coefficient (Wildman–Crippen LogP) is 2.94. The maximum atomic E-state index is 12.3. The fraction of sp³-hybridized carbons (Fsp3) is 0.500. The van der Waals surface area contributed by atoms with Crippen LogP contribution in [0, 0.1) is 12.8 Å². The minimum Gasteiger partial charge on any atom is -0.441 e. The van der Waals surface area contributed by atoms with Crippen molar-refractivity contribution >= 4 is 17.0 Å². The molecule has 1 aliphatic rings. The molecule has 0 N–H and O–H groups in total. The molecule has 0 spiro atoms. The Kier molecular flexibility index (Phi) is 3.47. The molecule has 1 aromatic carbocycles. The number of hydrogen-bond acceptors (Lipinski definition) is 3. The molecular weight excluding hydrogens is 252 g/mol. The molecule has 2 aromatic rings. The molecule has 4 nitrogen and oxygen atoms in total. The summed E-state index contributed by atoms with van der Waals surface area (Å²) in [6, 6.07) is 5.82. The van der Waals surface area contributed by atoms with Crippen molar-refractivity contribution in [2.24, 2.45) is 5.92 Å². The third-order valence-electron chi connectivity index (χ3n) is 4.05. The first kappa shape index (κ1) is 13.2. The fourth-order valence-corrected chi connectivity index (χ4v) is 2.74. The normalized spacial score (nSPS) is 16.8. The van der Waals surface area contributed by atoms with Crippen molar-refractivity contribution in [2.75, 3.05) is 13.1 Å². The maximum absolute atomic E-state index is 12.3. The second-order valence-corrected chi connectivity index (χ2v) is 5.78. The van der Waals surface area contributed by atoms with E-state index in [0.717, 1.165) is 48.5 Å². The minimum atomic E-state index is 0.215. The van der Waals surface area contributed by atoms with Gasteiger partial charge in [0, 0.05) is 20.0 Å². The number of likely N-dealkylation sites (tertiary alicyclic amines) is 1. The molecule has 1 aliphatic heterocycles. The van der Waals surface area contributed by atoms with Crippen LogP contribution in [0.3, 0.4) is 0 Å². The molecule has 0 atom stereocenters. The Morgan fingerprint density at radius 1 is 1.40 bits per heavy atom. The van der Waals surface area contributed by atoms with Gasteiger partial charge in [0.05, 0.1) is 6.42 Å². The molecule has 1 fully saturated rings. The number of nitrogens with zero attached hydrogens (tertiary/aromatic N) is 2. The molecule has 20 heavy (non-hydrogen) atoms. The lowest BCUT2D eigenvalue weighted by Crippen LogP contribution is -2.38. The third kappa shape index (κ3) is 2.69. The SMILES string of the molecule is Cc1nc2ccc(CC(=O)N3CCC(C)CC3)cc2o1. The van der Waals surface area contributed by atoms with Gasteiger partial charge in [-0.05, 0) is 36.5 Å². The number of oxazole rings is 1. The molecule has 1 saturated heterocycles. The maximum Gasteiger partial charge on any atom is 0.226 e. The molecule has 2 heterocycles. The van der Waals surface area contributed by atoms with Crippen molar-refractivity contribution < 1.29 is 9.21 Å². The van der Waals surface area contributed by atoms with Gasteiger partial charge in [0.25, 0.3) is 0 Å². The summed E-state index contributed by atoms with van der Waals surface area (Å²) < 4.78 is 5.51. The number of carbonyl (C=O) groups is 1. The Balaban J connectivity index is 1.70.